The molecule has 2 heterocycles. The van der Waals surface area contributed by atoms with Crippen LogP contribution >= 0.6 is 0 Å². The molecule has 3 nitrogen and oxygen atoms in total. The second-order valence-electron chi connectivity index (χ2n) is 7.75. The van der Waals surface area contributed by atoms with E-state index in [1.807, 2.05) is 0 Å². The van der Waals surface area contributed by atoms with E-state index in [1.165, 1.54) is 28.2 Å². The second-order valence-corrected chi connectivity index (χ2v) is 7.75. The number of para-hydroxylation sites is 1. The molecule has 0 bridgehead atoms. The Bertz CT molecular complexity index is 853. The topological polar surface area (TPSA) is 18.3 Å². The van der Waals surface area contributed by atoms with Crippen LogP contribution in [0.4, 0.5) is 11.4 Å². The third kappa shape index (κ3) is 2.97. The van der Waals surface area contributed by atoms with Gasteiger partial charge in [-0.3, -0.25) is 0 Å². The number of fused-ring (bicyclic) bond motifs is 1. The number of hydrogen-bond donors (Lipinski definition) is 1. The van der Waals surface area contributed by atoms with Gasteiger partial charge in [-0.25, -0.2) is 0 Å². The van der Waals surface area contributed by atoms with Gasteiger partial charge < -0.3 is 10.2 Å². The number of nitrogens with zero attached hydrogens (tertiary/aromatic N) is 2. The highest BCUT2D eigenvalue weighted by molar-refractivity contribution is 6.05. The van der Waals surface area contributed by atoms with Crippen LogP contribution in [0.3, 0.4) is 0 Å². The van der Waals surface area contributed by atoms with E-state index in [2.05, 4.69) is 96.4 Å². The van der Waals surface area contributed by atoms with Gasteiger partial charge in [-0.1, -0.05) is 30.3 Å². The van der Waals surface area contributed by atoms with E-state index < -0.39 is 0 Å². The largest absolute Gasteiger partial charge is 0.369 e. The maximum atomic E-state index is 3.41. The van der Waals surface area contributed by atoms with Gasteiger partial charge in [-0.05, 0) is 37.6 Å². The van der Waals surface area contributed by atoms with Crippen LogP contribution in [0.5, 0.6) is 0 Å². The molecule has 0 saturated carbocycles. The number of piperazine rings is 1. The molecule has 4 rings (SSSR count). The van der Waals surface area contributed by atoms with Gasteiger partial charge in [0.1, 0.15) is 7.05 Å². The van der Waals surface area contributed by atoms with Gasteiger partial charge in [0.2, 0.25) is 5.69 Å². The zero-order chi connectivity index (χ0) is 18.1. The van der Waals surface area contributed by atoms with Crippen LogP contribution in [0, 0.1) is 0 Å². The number of rotatable bonds is 3. The molecule has 0 aromatic heterocycles. The molecule has 1 N–H and O–H groups in total. The van der Waals surface area contributed by atoms with Crippen molar-refractivity contribution in [3.63, 3.8) is 0 Å². The fraction of sp³-hybridized carbons (Fsp3) is 0.348. The minimum absolute atomic E-state index is 0.0303. The predicted octanol–water partition coefficient (Wildman–Crippen LogP) is 3.82. The third-order valence-electron chi connectivity index (χ3n) is 5.75. The minimum Gasteiger partial charge on any atom is -0.369 e. The maximum Gasteiger partial charge on any atom is 0.209 e. The normalized spacial score (nSPS) is 19.3. The lowest BCUT2D eigenvalue weighted by atomic mass is 9.81. The predicted molar refractivity (Wildman–Crippen MR) is 111 cm³/mol. The first kappa shape index (κ1) is 17.0. The molecule has 2 aliphatic heterocycles. The lowest BCUT2D eigenvalue weighted by Gasteiger charge is -2.29. The van der Waals surface area contributed by atoms with Crippen molar-refractivity contribution in [3.05, 3.63) is 65.7 Å². The molecule has 2 aromatic rings. The van der Waals surface area contributed by atoms with Crippen molar-refractivity contribution >= 4 is 23.2 Å². The van der Waals surface area contributed by atoms with Gasteiger partial charge in [0.05, 0.1) is 5.41 Å². The summed E-state index contributed by atoms with van der Waals surface area (Å²) in [7, 11) is 2.17. The molecule has 0 aliphatic carbocycles. The maximum absolute atomic E-state index is 3.41. The zero-order valence-electron chi connectivity index (χ0n) is 16.0. The number of nitrogens with one attached hydrogen (secondary N) is 1. The minimum atomic E-state index is 0.0303. The van der Waals surface area contributed by atoms with Crippen molar-refractivity contribution in [3.8, 4) is 0 Å². The Hall–Kier alpha value is -2.39. The summed E-state index contributed by atoms with van der Waals surface area (Å²) in [6.07, 6.45) is 4.51. The van der Waals surface area contributed by atoms with E-state index in [4.69, 9.17) is 0 Å². The highest BCUT2D eigenvalue weighted by atomic mass is 15.2. The number of benzene rings is 2. The lowest BCUT2D eigenvalue weighted by Crippen LogP contribution is -2.43. The van der Waals surface area contributed by atoms with Crippen molar-refractivity contribution in [1.29, 1.82) is 0 Å². The Kier molecular flexibility index (Phi) is 4.41. The summed E-state index contributed by atoms with van der Waals surface area (Å²) < 4.78 is 2.32. The third-order valence-corrected chi connectivity index (χ3v) is 5.75. The molecule has 134 valence electrons. The van der Waals surface area contributed by atoms with Crippen LogP contribution < -0.4 is 10.2 Å². The quantitative estimate of drug-likeness (QED) is 0.852. The average molecular weight is 346 g/mol. The van der Waals surface area contributed by atoms with Crippen LogP contribution in [-0.2, 0) is 5.41 Å². The van der Waals surface area contributed by atoms with Crippen LogP contribution in [0.2, 0.25) is 0 Å². The molecular formula is C23H28N3+. The van der Waals surface area contributed by atoms with E-state index in [0.717, 1.165) is 26.2 Å². The summed E-state index contributed by atoms with van der Waals surface area (Å²) >= 11 is 0. The van der Waals surface area contributed by atoms with E-state index in [-0.39, 0.29) is 5.41 Å². The van der Waals surface area contributed by atoms with Gasteiger partial charge >= 0.3 is 0 Å². The summed E-state index contributed by atoms with van der Waals surface area (Å²) in [6.45, 7) is 8.93. The van der Waals surface area contributed by atoms with Gasteiger partial charge in [0.15, 0.2) is 5.71 Å². The Morgan fingerprint density at radius 3 is 2.35 bits per heavy atom. The van der Waals surface area contributed by atoms with E-state index in [9.17, 15) is 0 Å². The van der Waals surface area contributed by atoms with Crippen molar-refractivity contribution in [2.24, 2.45) is 0 Å². The fourth-order valence-corrected chi connectivity index (χ4v) is 4.20. The molecule has 0 unspecified atom stereocenters. The number of hydrogen-bond acceptors (Lipinski definition) is 2. The first-order valence-electron chi connectivity index (χ1n) is 9.52. The Morgan fingerprint density at radius 2 is 1.65 bits per heavy atom. The number of anilines is 1. The molecule has 1 saturated heterocycles. The van der Waals surface area contributed by atoms with E-state index >= 15 is 0 Å². The van der Waals surface area contributed by atoms with Crippen LogP contribution in [-0.4, -0.2) is 43.5 Å². The molecular weight excluding hydrogens is 318 g/mol. The Morgan fingerprint density at radius 1 is 0.962 bits per heavy atom. The highest BCUT2D eigenvalue weighted by Gasteiger charge is 2.42. The molecule has 0 spiro atoms. The van der Waals surface area contributed by atoms with Gasteiger partial charge in [0, 0.05) is 49.6 Å². The summed E-state index contributed by atoms with van der Waals surface area (Å²) in [5.41, 5.74) is 6.65. The summed E-state index contributed by atoms with van der Waals surface area (Å²) in [5, 5.41) is 3.41. The number of allylic oxidation sites excluding steroid dienone is 1. The highest BCUT2D eigenvalue weighted by Crippen LogP contribution is 2.39. The van der Waals surface area contributed by atoms with Crippen LogP contribution in [0.25, 0.3) is 6.08 Å². The molecule has 0 radical (unpaired) electrons. The van der Waals surface area contributed by atoms with Crippen molar-refractivity contribution < 1.29 is 4.58 Å². The Labute approximate surface area is 156 Å². The monoisotopic (exact) mass is 346 g/mol. The lowest BCUT2D eigenvalue weighted by molar-refractivity contribution is -0.401. The first-order chi connectivity index (χ1) is 12.6. The molecule has 3 heteroatoms. The van der Waals surface area contributed by atoms with E-state index in [1.54, 1.807) is 0 Å². The smallest absolute Gasteiger partial charge is 0.209 e. The van der Waals surface area contributed by atoms with Crippen LogP contribution in [0.15, 0.2) is 54.6 Å². The van der Waals surface area contributed by atoms with Gasteiger partial charge in [-0.2, -0.15) is 4.58 Å². The van der Waals surface area contributed by atoms with Gasteiger partial charge in [0.25, 0.3) is 0 Å². The summed E-state index contributed by atoms with van der Waals surface area (Å²) in [6, 6.07) is 17.6. The molecule has 2 aromatic carbocycles. The summed E-state index contributed by atoms with van der Waals surface area (Å²) in [5.74, 6) is 0. The second kappa shape index (κ2) is 6.73. The molecule has 2 aliphatic rings. The van der Waals surface area contributed by atoms with Crippen LogP contribution in [0.1, 0.15) is 25.0 Å². The SMILES string of the molecule is C[N+]1=C(/C=C/c2ccc(N3CCNCC3)cc2)C(C)(C)c2ccccc21. The average Bonchev–Trinajstić information content (AvgIpc) is 2.88. The summed E-state index contributed by atoms with van der Waals surface area (Å²) in [4.78, 5) is 2.45. The molecule has 0 atom stereocenters. The van der Waals surface area contributed by atoms with Crippen molar-refractivity contribution in [1.82, 2.24) is 5.32 Å². The van der Waals surface area contributed by atoms with Crippen molar-refractivity contribution in [2.45, 2.75) is 19.3 Å². The van der Waals surface area contributed by atoms with E-state index in [0.29, 0.717) is 0 Å². The molecule has 26 heavy (non-hydrogen) atoms. The molecule has 0 amide bonds. The molecule has 1 fully saturated rings. The zero-order valence-corrected chi connectivity index (χ0v) is 16.0. The van der Waals surface area contributed by atoms with Gasteiger partial charge in [-0.15, -0.1) is 0 Å². The standard InChI is InChI=1S/C23H28N3/c1-23(2)20-6-4-5-7-21(20)25(3)22(23)13-10-18-8-11-19(12-9-18)26-16-14-24-15-17-26/h4-13,24H,14-17H2,1-3H3/q+1. The fourth-order valence-electron chi connectivity index (χ4n) is 4.20. The first-order valence-corrected chi connectivity index (χ1v) is 9.52. The van der Waals surface area contributed by atoms with Crippen molar-refractivity contribution in [2.75, 3.05) is 38.1 Å². The Balaban J connectivity index is 1.56.